The Labute approximate surface area is 97.8 Å². The monoisotopic (exact) mass is 307 g/mol. The molecule has 1 aromatic rings. The lowest BCUT2D eigenvalue weighted by Gasteiger charge is -2.19. The second-order valence-corrected chi connectivity index (χ2v) is 4.02. The Morgan fingerprint density at radius 1 is 1.43 bits per heavy atom. The highest BCUT2D eigenvalue weighted by molar-refractivity contribution is 14.1. The van der Waals surface area contributed by atoms with Crippen molar-refractivity contribution in [2.45, 2.75) is 6.92 Å². The number of anilines is 1. The summed E-state index contributed by atoms with van der Waals surface area (Å²) >= 11 is 2.19. The van der Waals surface area contributed by atoms with E-state index in [4.69, 9.17) is 4.74 Å². The van der Waals surface area contributed by atoms with Gasteiger partial charge in [0, 0.05) is 36.2 Å². The molecule has 78 valence electrons. The van der Waals surface area contributed by atoms with Gasteiger partial charge in [-0.2, -0.15) is 0 Å². The van der Waals surface area contributed by atoms with Crippen molar-refractivity contribution in [3.63, 3.8) is 0 Å². The van der Waals surface area contributed by atoms with Gasteiger partial charge in [-0.25, -0.2) is 9.97 Å². The summed E-state index contributed by atoms with van der Waals surface area (Å²) in [5, 5.41) is 0. The van der Waals surface area contributed by atoms with E-state index in [0.717, 1.165) is 22.6 Å². The van der Waals surface area contributed by atoms with E-state index in [1.165, 1.54) is 0 Å². The lowest BCUT2D eigenvalue weighted by Crippen LogP contribution is -2.28. The van der Waals surface area contributed by atoms with Gasteiger partial charge in [-0.05, 0) is 29.5 Å². The van der Waals surface area contributed by atoms with Gasteiger partial charge in [0.1, 0.15) is 0 Å². The van der Waals surface area contributed by atoms with Crippen LogP contribution in [0.25, 0.3) is 0 Å². The zero-order chi connectivity index (χ0) is 10.4. The van der Waals surface area contributed by atoms with Gasteiger partial charge in [0.25, 0.3) is 0 Å². The molecule has 1 aromatic heterocycles. The average molecular weight is 307 g/mol. The molecule has 0 aliphatic heterocycles. The van der Waals surface area contributed by atoms with Gasteiger partial charge in [-0.1, -0.05) is 0 Å². The van der Waals surface area contributed by atoms with Gasteiger partial charge in [-0.15, -0.1) is 0 Å². The molecule has 0 radical (unpaired) electrons. The summed E-state index contributed by atoms with van der Waals surface area (Å²) in [6.45, 7) is 4.50. The second kappa shape index (κ2) is 6.13. The van der Waals surface area contributed by atoms with E-state index < -0.39 is 0 Å². The number of methoxy groups -OCH3 is 1. The zero-order valence-corrected chi connectivity index (χ0v) is 10.6. The smallest absolute Gasteiger partial charge is 0.225 e. The fourth-order valence-electron chi connectivity index (χ4n) is 1.07. The number of hydrogen-bond acceptors (Lipinski definition) is 4. The molecule has 0 saturated carbocycles. The van der Waals surface area contributed by atoms with Crippen molar-refractivity contribution >= 4 is 28.5 Å². The van der Waals surface area contributed by atoms with Crippen molar-refractivity contribution in [3.05, 3.63) is 16.0 Å². The first-order valence-electron chi connectivity index (χ1n) is 4.49. The maximum absolute atomic E-state index is 5.02. The van der Waals surface area contributed by atoms with E-state index in [2.05, 4.69) is 44.4 Å². The average Bonchev–Trinajstić information content (AvgIpc) is 2.21. The number of hydrogen-bond donors (Lipinski definition) is 0. The first-order chi connectivity index (χ1) is 6.77. The molecule has 0 bridgehead atoms. The quantitative estimate of drug-likeness (QED) is 0.774. The van der Waals surface area contributed by atoms with Crippen molar-refractivity contribution in [1.82, 2.24) is 9.97 Å². The number of halogens is 1. The van der Waals surface area contributed by atoms with Crippen molar-refractivity contribution in [2.75, 3.05) is 31.7 Å². The molecule has 0 spiro atoms. The van der Waals surface area contributed by atoms with Crippen molar-refractivity contribution in [2.24, 2.45) is 0 Å². The topological polar surface area (TPSA) is 38.2 Å². The Kier molecular flexibility index (Phi) is 5.10. The third-order valence-corrected chi connectivity index (χ3v) is 2.39. The van der Waals surface area contributed by atoms with E-state index in [9.17, 15) is 0 Å². The summed E-state index contributed by atoms with van der Waals surface area (Å²) in [6, 6.07) is 0. The molecule has 0 aliphatic carbocycles. The Morgan fingerprint density at radius 3 is 2.57 bits per heavy atom. The van der Waals surface area contributed by atoms with Gasteiger partial charge in [0.15, 0.2) is 0 Å². The number of aromatic nitrogens is 2. The van der Waals surface area contributed by atoms with Crippen molar-refractivity contribution < 1.29 is 4.74 Å². The summed E-state index contributed by atoms with van der Waals surface area (Å²) in [5.74, 6) is 0.768. The van der Waals surface area contributed by atoms with Crippen LogP contribution in [0.15, 0.2) is 12.4 Å². The third kappa shape index (κ3) is 3.38. The SMILES string of the molecule is CCN(CCOC)c1ncc(I)cn1. The minimum atomic E-state index is 0.698. The van der Waals surface area contributed by atoms with Gasteiger partial charge in [0.05, 0.1) is 6.61 Å². The Morgan fingerprint density at radius 2 is 2.07 bits per heavy atom. The molecule has 1 heterocycles. The number of nitrogens with zero attached hydrogens (tertiary/aromatic N) is 3. The maximum atomic E-state index is 5.02. The first-order valence-corrected chi connectivity index (χ1v) is 5.57. The molecule has 0 atom stereocenters. The molecule has 1 rings (SSSR count). The van der Waals surface area contributed by atoms with Crippen LogP contribution in [-0.2, 0) is 4.74 Å². The third-order valence-electron chi connectivity index (χ3n) is 1.84. The zero-order valence-electron chi connectivity index (χ0n) is 8.40. The minimum Gasteiger partial charge on any atom is -0.383 e. The molecule has 0 saturated heterocycles. The van der Waals surface area contributed by atoms with Crippen LogP contribution in [0, 0.1) is 3.57 Å². The van der Waals surface area contributed by atoms with Crippen LogP contribution in [0.4, 0.5) is 5.95 Å². The van der Waals surface area contributed by atoms with E-state index in [0.29, 0.717) is 6.61 Å². The Bertz CT molecular complexity index is 265. The molecule has 0 amide bonds. The summed E-state index contributed by atoms with van der Waals surface area (Å²) < 4.78 is 6.07. The van der Waals surface area contributed by atoms with E-state index in [1.807, 2.05) is 12.4 Å². The largest absolute Gasteiger partial charge is 0.383 e. The Balaban J connectivity index is 2.64. The molecular weight excluding hydrogens is 293 g/mol. The van der Waals surface area contributed by atoms with Gasteiger partial charge >= 0.3 is 0 Å². The van der Waals surface area contributed by atoms with Gasteiger partial charge < -0.3 is 9.64 Å². The highest BCUT2D eigenvalue weighted by Gasteiger charge is 2.05. The molecule has 4 nitrogen and oxygen atoms in total. The number of ether oxygens (including phenoxy) is 1. The molecule has 0 unspecified atom stereocenters. The fourth-order valence-corrected chi connectivity index (χ4v) is 1.35. The highest BCUT2D eigenvalue weighted by Crippen LogP contribution is 2.07. The summed E-state index contributed by atoms with van der Waals surface area (Å²) in [5.41, 5.74) is 0. The van der Waals surface area contributed by atoms with Crippen LogP contribution in [0.2, 0.25) is 0 Å². The molecule has 0 fully saturated rings. The predicted molar refractivity (Wildman–Crippen MR) is 64.5 cm³/mol. The van der Waals surface area contributed by atoms with E-state index in [1.54, 1.807) is 7.11 Å². The molecule has 0 aromatic carbocycles. The van der Waals surface area contributed by atoms with Crippen LogP contribution >= 0.6 is 22.6 Å². The van der Waals surface area contributed by atoms with Gasteiger partial charge in [-0.3, -0.25) is 0 Å². The van der Waals surface area contributed by atoms with Gasteiger partial charge in [0.2, 0.25) is 5.95 Å². The predicted octanol–water partition coefficient (Wildman–Crippen LogP) is 1.55. The molecule has 14 heavy (non-hydrogen) atoms. The number of rotatable bonds is 5. The Hall–Kier alpha value is -0.430. The summed E-state index contributed by atoms with van der Waals surface area (Å²) in [7, 11) is 1.70. The fraction of sp³-hybridized carbons (Fsp3) is 0.556. The van der Waals surface area contributed by atoms with Crippen LogP contribution < -0.4 is 4.90 Å². The van der Waals surface area contributed by atoms with E-state index in [-0.39, 0.29) is 0 Å². The van der Waals surface area contributed by atoms with Crippen LogP contribution in [0.3, 0.4) is 0 Å². The lowest BCUT2D eigenvalue weighted by molar-refractivity contribution is 0.205. The first kappa shape index (κ1) is 11.6. The highest BCUT2D eigenvalue weighted by atomic mass is 127. The molecular formula is C9H14IN3O. The maximum Gasteiger partial charge on any atom is 0.225 e. The lowest BCUT2D eigenvalue weighted by atomic mass is 10.5. The molecule has 0 aliphatic rings. The summed E-state index contributed by atoms with van der Waals surface area (Å²) in [4.78, 5) is 10.6. The summed E-state index contributed by atoms with van der Waals surface area (Å²) in [6.07, 6.45) is 3.64. The number of likely N-dealkylation sites (N-methyl/N-ethyl adjacent to an activating group) is 1. The van der Waals surface area contributed by atoms with E-state index >= 15 is 0 Å². The second-order valence-electron chi connectivity index (χ2n) is 2.77. The van der Waals surface area contributed by atoms with Crippen LogP contribution in [0.1, 0.15) is 6.92 Å². The molecule has 5 heteroatoms. The van der Waals surface area contributed by atoms with Crippen molar-refractivity contribution in [3.8, 4) is 0 Å². The van der Waals surface area contributed by atoms with Crippen LogP contribution in [0.5, 0.6) is 0 Å². The van der Waals surface area contributed by atoms with Crippen molar-refractivity contribution in [1.29, 1.82) is 0 Å². The molecule has 0 N–H and O–H groups in total. The standard InChI is InChI=1S/C9H14IN3O/c1-3-13(4-5-14-2)9-11-6-8(10)7-12-9/h6-7H,3-5H2,1-2H3. The van der Waals surface area contributed by atoms with Crippen LogP contribution in [-0.4, -0.2) is 36.8 Å². The normalized spacial score (nSPS) is 10.2. The minimum absolute atomic E-state index is 0.698.